The van der Waals surface area contributed by atoms with Gasteiger partial charge in [0, 0.05) is 84.1 Å². The summed E-state index contributed by atoms with van der Waals surface area (Å²) in [5, 5.41) is 92.6. The highest BCUT2D eigenvalue weighted by Gasteiger charge is 2.46. The molecule has 1 amide bonds. The lowest BCUT2D eigenvalue weighted by Gasteiger charge is -2.42. The van der Waals surface area contributed by atoms with Gasteiger partial charge in [0.1, 0.15) is 54.4 Å². The molecule has 3 aliphatic rings. The molecule has 21 atom stereocenters. The monoisotopic (exact) mass is 1680 g/mol. The molecular weight excluding hydrogens is 1550 g/mol. The third-order valence-electron chi connectivity index (χ3n) is 17.7. The summed E-state index contributed by atoms with van der Waals surface area (Å²) in [4.78, 5) is 63.4. The van der Waals surface area contributed by atoms with Gasteiger partial charge in [-0.3, -0.25) is 23.1 Å². The fourth-order valence-corrected chi connectivity index (χ4v) is 14.3. The third kappa shape index (κ3) is 44.2. The Bertz CT molecular complexity index is 2550. The molecule has 0 aromatic carbocycles. The molecule has 10 N–H and O–H groups in total. The maximum Gasteiger partial charge on any atom is 0.267 e. The predicted octanol–water partition coefficient (Wildman–Crippen LogP) is 1.04. The molecule has 3 heterocycles. The number of nitrogens with one attached hydrogen (secondary N) is 1. The van der Waals surface area contributed by atoms with Gasteiger partial charge >= 0.3 is 0 Å². The Balaban J connectivity index is 1.61. The quantitative estimate of drug-likeness (QED) is 0.0300. The Morgan fingerprint density at radius 3 is 1.09 bits per heavy atom. The second kappa shape index (κ2) is 58.1. The topological polar surface area (TPSA) is 556 Å². The van der Waals surface area contributed by atoms with Gasteiger partial charge < -0.3 is 164 Å². The van der Waals surface area contributed by atoms with Crippen LogP contribution in [0, 0.1) is 17.8 Å². The minimum atomic E-state index is -5.16. The highest BCUT2D eigenvalue weighted by atomic mass is 31.2. The van der Waals surface area contributed by atoms with Crippen LogP contribution in [0.5, 0.6) is 0 Å². The zero-order valence-corrected chi connectivity index (χ0v) is 68.2. The fourth-order valence-electron chi connectivity index (χ4n) is 11.1. The van der Waals surface area contributed by atoms with Crippen molar-refractivity contribution in [1.29, 1.82) is 0 Å². The number of carbonyl (C=O) groups excluding carboxylic acids is 1. The lowest BCUT2D eigenvalue weighted by molar-refractivity contribution is -0.282. The smallest absolute Gasteiger partial charge is 0.267 e. The molecule has 0 aliphatic carbocycles. The van der Waals surface area contributed by atoms with Crippen molar-refractivity contribution < 1.29 is 182 Å². The van der Waals surface area contributed by atoms with Crippen LogP contribution in [-0.4, -0.2) is 302 Å². The average Bonchev–Trinajstić information content (AvgIpc) is 0.805. The predicted molar refractivity (Wildman–Crippen MR) is 380 cm³/mol. The maximum absolute atomic E-state index is 13.4. The molecule has 0 spiro atoms. The molecule has 0 aromatic rings. The molecule has 3 rings (SSSR count). The van der Waals surface area contributed by atoms with E-state index in [1.165, 1.54) is 6.92 Å². The number of aliphatic hydroxyl groups excluding tert-OH is 9. The summed E-state index contributed by atoms with van der Waals surface area (Å²) in [5.41, 5.74) is -1.88. The van der Waals surface area contributed by atoms with E-state index in [9.17, 15) is 88.6 Å². The van der Waals surface area contributed by atoms with Crippen molar-refractivity contribution in [2.45, 2.75) is 249 Å². The van der Waals surface area contributed by atoms with Crippen LogP contribution in [0.1, 0.15) is 157 Å². The summed E-state index contributed by atoms with van der Waals surface area (Å²) in [6, 6.07) is -1.11. The Morgan fingerprint density at radius 2 is 0.727 bits per heavy atom. The molecule has 43 heteroatoms. The van der Waals surface area contributed by atoms with Gasteiger partial charge in [0.25, 0.3) is 31.3 Å². The molecule has 110 heavy (non-hydrogen) atoms. The van der Waals surface area contributed by atoms with Gasteiger partial charge in [-0.05, 0) is 90.9 Å². The van der Waals surface area contributed by atoms with E-state index in [2.05, 4.69) is 5.32 Å². The number of carbonyl (C=O) groups is 1. The number of hydrogen-bond donors (Lipinski definition) is 10. The second-order valence-electron chi connectivity index (χ2n) is 27.6. The summed E-state index contributed by atoms with van der Waals surface area (Å²) >= 11 is 0. The number of unbranched alkanes of at least 4 members (excludes halogenated alkanes) is 9. The van der Waals surface area contributed by atoms with Crippen molar-refractivity contribution in [3.8, 4) is 0 Å². The molecule has 654 valence electrons. The summed E-state index contributed by atoms with van der Waals surface area (Å²) in [6.45, 7) is 6.35. The van der Waals surface area contributed by atoms with Crippen LogP contribution in [0.25, 0.3) is 0 Å². The van der Waals surface area contributed by atoms with E-state index >= 15 is 0 Å². The standard InChI is InChI=1S/C67H133NO38P4/c1-7-53(44-87-25-20-32-91-49(2)3)45-88-26-21-37-102-110(85,86)103-48-67(95-33-24-40-101-109(83,84)98-36-18-12-9-15-30-93-65-51(5)59(74)61(76)55(42-70)105-65,46-89-27-22-38-99-107(79,80)96-34-17-11-8-14-29-92-64-50(4)58(73)60(75)54(41-69)104-64)47-90-28-23-39-100-108(81,82)97-35-19-13-10-16-31-94-66-57(68-52(6)72)63(78)62(77)56(43-71)106-66/h49-51,53-66,69-71,73-78H,7-48H2,1-6H3,(H,68,72)(H,79,80)(H,81,82)(H,83,84)(H,85,86)/p-4/t50?,51?,53?,54?,55?,56?,57?,58-,59-,60+,61+,62+,63-,64-,65-,66-,67?/m1/s1. The van der Waals surface area contributed by atoms with E-state index in [0.29, 0.717) is 97.1 Å². The average molecular weight is 1680 g/mol. The first-order valence-corrected chi connectivity index (χ1v) is 44.2. The van der Waals surface area contributed by atoms with Crippen molar-refractivity contribution in [2.24, 2.45) is 17.8 Å². The Kier molecular flexibility index (Phi) is 54.5. The van der Waals surface area contributed by atoms with Gasteiger partial charge in [0.05, 0.1) is 117 Å². The van der Waals surface area contributed by atoms with Crippen molar-refractivity contribution in [3.05, 3.63) is 0 Å². The number of hydrogen-bond acceptors (Lipinski definition) is 38. The van der Waals surface area contributed by atoms with E-state index in [4.69, 9.17) is 93.0 Å². The van der Waals surface area contributed by atoms with E-state index in [1.54, 1.807) is 13.8 Å². The molecule has 12 unspecified atom stereocenters. The molecule has 3 aliphatic heterocycles. The number of phosphoric acid groups is 4. The van der Waals surface area contributed by atoms with E-state index in [-0.39, 0.29) is 117 Å². The minimum absolute atomic E-state index is 0.0629. The summed E-state index contributed by atoms with van der Waals surface area (Å²) in [7, 11) is -19.7. The van der Waals surface area contributed by atoms with E-state index in [0.717, 1.165) is 12.8 Å². The van der Waals surface area contributed by atoms with Crippen LogP contribution in [0.2, 0.25) is 0 Å². The first-order chi connectivity index (χ1) is 52.3. The highest BCUT2D eigenvalue weighted by molar-refractivity contribution is 7.46. The molecule has 0 bridgehead atoms. The van der Waals surface area contributed by atoms with Gasteiger partial charge in [0.15, 0.2) is 18.9 Å². The van der Waals surface area contributed by atoms with E-state index < -0.39 is 194 Å². The first-order valence-electron chi connectivity index (χ1n) is 38.3. The Hall–Kier alpha value is -0.930. The van der Waals surface area contributed by atoms with Crippen molar-refractivity contribution >= 4 is 37.2 Å². The Morgan fingerprint density at radius 1 is 0.409 bits per heavy atom. The summed E-state index contributed by atoms with van der Waals surface area (Å²) in [5.74, 6) is -1.55. The number of aliphatic hydroxyl groups is 9. The normalized spacial score (nSPS) is 27.8. The van der Waals surface area contributed by atoms with Crippen LogP contribution < -0.4 is 24.9 Å². The molecule has 0 aromatic heterocycles. The fraction of sp³-hybridized carbons (Fsp3) is 0.985. The lowest BCUT2D eigenvalue weighted by atomic mass is 9.92. The van der Waals surface area contributed by atoms with Gasteiger partial charge in [-0.25, -0.2) is 0 Å². The molecular formula is C67H129NO38P4-4. The number of ether oxygens (including phenoxy) is 12. The number of rotatable bonds is 69. The van der Waals surface area contributed by atoms with Crippen LogP contribution in [-0.2, 0) is 116 Å². The van der Waals surface area contributed by atoms with Crippen LogP contribution >= 0.6 is 31.3 Å². The van der Waals surface area contributed by atoms with Crippen molar-refractivity contribution in [1.82, 2.24) is 5.32 Å². The third-order valence-corrected chi connectivity index (χ3v) is 21.7. The SMILES string of the molecule is CCC(COCCCOC(C)C)COCCCOP(=O)([O-])OCC(COCCCOP(=O)([O-])OCCCCCCO[C@@H]1OC(CO)[C@H](O)[C@H](O)C1C)(COCCCOP(=O)([O-])OCCCCCCO[C@@H]1OC(CO)[C@H](O)[C@H](O)C1NC(C)=O)OCCCOP(=O)([O-])OCCCCCCO[C@@H]1OC(CO)[C@H](O)[C@H](O)C1C. The van der Waals surface area contributed by atoms with Crippen molar-refractivity contribution in [2.75, 3.05) is 159 Å². The summed E-state index contributed by atoms with van der Waals surface area (Å²) in [6.07, 6.45) is -6.54. The zero-order valence-electron chi connectivity index (χ0n) is 64.7. The minimum Gasteiger partial charge on any atom is -0.756 e. The molecule has 39 nitrogen and oxygen atoms in total. The molecule has 3 fully saturated rings. The van der Waals surface area contributed by atoms with Crippen molar-refractivity contribution in [3.63, 3.8) is 0 Å². The second-order valence-corrected chi connectivity index (χ2v) is 33.2. The van der Waals surface area contributed by atoms with Crippen LogP contribution in [0.15, 0.2) is 0 Å². The summed E-state index contributed by atoms with van der Waals surface area (Å²) < 4.78 is 162. The molecule has 3 saturated heterocycles. The van der Waals surface area contributed by atoms with Crippen LogP contribution in [0.4, 0.5) is 0 Å². The maximum atomic E-state index is 13.4. The molecule has 0 saturated carbocycles. The van der Waals surface area contributed by atoms with Crippen LogP contribution in [0.3, 0.4) is 0 Å². The largest absolute Gasteiger partial charge is 0.756 e. The zero-order chi connectivity index (χ0) is 81.4. The Labute approximate surface area is 646 Å². The first kappa shape index (κ1) is 103. The van der Waals surface area contributed by atoms with Gasteiger partial charge in [-0.1, -0.05) is 59.3 Å². The van der Waals surface area contributed by atoms with Gasteiger partial charge in [-0.2, -0.15) is 0 Å². The lowest BCUT2D eigenvalue weighted by Crippen LogP contribution is -2.64. The van der Waals surface area contributed by atoms with Gasteiger partial charge in [0.2, 0.25) is 5.91 Å². The number of phosphoric ester groups is 4. The highest BCUT2D eigenvalue weighted by Crippen LogP contribution is 2.43. The molecule has 0 radical (unpaired) electrons. The van der Waals surface area contributed by atoms with Gasteiger partial charge in [-0.15, -0.1) is 0 Å². The van der Waals surface area contributed by atoms with E-state index in [1.807, 2.05) is 20.8 Å². The number of amides is 1.